The zero-order valence-electron chi connectivity index (χ0n) is 24.8. The molecule has 3 aliphatic rings. The minimum Gasteiger partial charge on any atom is -0.337 e. The number of fused-ring (bicyclic) bond motifs is 1. The minimum absolute atomic E-state index is 0.0323. The topological polar surface area (TPSA) is 92.9 Å². The van der Waals surface area contributed by atoms with Crippen molar-refractivity contribution in [2.45, 2.75) is 70.5 Å². The van der Waals surface area contributed by atoms with E-state index in [0.29, 0.717) is 29.8 Å². The van der Waals surface area contributed by atoms with Gasteiger partial charge in [-0.25, -0.2) is 9.97 Å². The first-order valence-corrected chi connectivity index (χ1v) is 15.6. The van der Waals surface area contributed by atoms with Crippen LogP contribution < -0.4 is 10.6 Å². The molecule has 3 aromatic heterocycles. The number of alkyl halides is 3. The molecule has 0 atom stereocenters. The maximum Gasteiger partial charge on any atom is 0.420 e. The maximum absolute atomic E-state index is 14.6. The predicted octanol–water partition coefficient (Wildman–Crippen LogP) is 6.41. The Balaban J connectivity index is 1.28. The maximum atomic E-state index is 14.6. The van der Waals surface area contributed by atoms with Gasteiger partial charge in [-0.2, -0.15) is 18.2 Å². The Kier molecular flexibility index (Phi) is 7.34. The first-order valence-electron chi connectivity index (χ1n) is 15.6. The molecule has 232 valence electrons. The number of likely N-dealkylation sites (tertiary alicyclic amines) is 1. The van der Waals surface area contributed by atoms with Crippen LogP contribution in [0.25, 0.3) is 16.7 Å². The third-order valence-electron chi connectivity index (χ3n) is 9.83. The molecule has 12 heteroatoms. The number of aryl methyl sites for hydroxylation is 1. The van der Waals surface area contributed by atoms with Gasteiger partial charge in [0.1, 0.15) is 16.9 Å². The van der Waals surface area contributed by atoms with Gasteiger partial charge in [-0.1, -0.05) is 18.9 Å². The SMILES string of the molecule is Cc1cn(-c2cccc(Nc3nc(C(=O)N4CCC5(CCNCC5)CC4)c4ccn(C5CCCC5)c4n3)c2C(F)(F)F)cn1. The van der Waals surface area contributed by atoms with Gasteiger partial charge in [0.15, 0.2) is 0 Å². The number of imidazole rings is 1. The average molecular weight is 607 g/mol. The summed E-state index contributed by atoms with van der Waals surface area (Å²) in [6, 6.07) is 6.44. The third kappa shape index (κ3) is 5.33. The molecule has 1 aliphatic carbocycles. The molecule has 5 heterocycles. The van der Waals surface area contributed by atoms with Gasteiger partial charge in [0.25, 0.3) is 5.91 Å². The van der Waals surface area contributed by atoms with Crippen molar-refractivity contribution in [3.05, 3.63) is 59.9 Å². The van der Waals surface area contributed by atoms with E-state index in [2.05, 4.69) is 25.2 Å². The number of nitrogens with one attached hydrogen (secondary N) is 2. The van der Waals surface area contributed by atoms with Crippen molar-refractivity contribution >= 4 is 28.6 Å². The Morgan fingerprint density at radius 1 is 1.05 bits per heavy atom. The van der Waals surface area contributed by atoms with Crippen LogP contribution in [0, 0.1) is 12.3 Å². The van der Waals surface area contributed by atoms with Gasteiger partial charge >= 0.3 is 6.18 Å². The largest absolute Gasteiger partial charge is 0.420 e. The number of hydrogen-bond donors (Lipinski definition) is 2. The number of piperidine rings is 2. The Hall–Kier alpha value is -3.93. The number of carbonyl (C=O) groups is 1. The van der Waals surface area contributed by atoms with Gasteiger partial charge in [-0.3, -0.25) is 4.79 Å². The summed E-state index contributed by atoms with van der Waals surface area (Å²) in [6.45, 7) is 5.01. The van der Waals surface area contributed by atoms with E-state index in [0.717, 1.165) is 64.5 Å². The number of amides is 1. The highest BCUT2D eigenvalue weighted by molar-refractivity contribution is 6.04. The van der Waals surface area contributed by atoms with Crippen LogP contribution in [0.15, 0.2) is 43.0 Å². The molecule has 2 aliphatic heterocycles. The number of carbonyl (C=O) groups excluding carboxylic acids is 1. The molecule has 2 N–H and O–H groups in total. The highest BCUT2D eigenvalue weighted by atomic mass is 19.4. The zero-order valence-corrected chi connectivity index (χ0v) is 24.8. The Bertz CT molecular complexity index is 1670. The molecule has 1 amide bonds. The van der Waals surface area contributed by atoms with Crippen LogP contribution in [-0.2, 0) is 6.18 Å². The lowest BCUT2D eigenvalue weighted by atomic mass is 9.71. The molecular formula is C32H37F3N8O. The van der Waals surface area contributed by atoms with Crippen LogP contribution in [0.5, 0.6) is 0 Å². The highest BCUT2D eigenvalue weighted by Gasteiger charge is 2.39. The first-order chi connectivity index (χ1) is 21.2. The number of benzene rings is 1. The van der Waals surface area contributed by atoms with Crippen molar-refractivity contribution in [3.63, 3.8) is 0 Å². The lowest BCUT2D eigenvalue weighted by molar-refractivity contribution is -0.136. The summed E-state index contributed by atoms with van der Waals surface area (Å²) >= 11 is 0. The lowest BCUT2D eigenvalue weighted by Crippen LogP contribution is -2.47. The summed E-state index contributed by atoms with van der Waals surface area (Å²) in [5.74, 6) is -0.234. The number of nitrogens with zero attached hydrogens (tertiary/aromatic N) is 6. The number of hydrogen-bond acceptors (Lipinski definition) is 6. The molecule has 7 rings (SSSR count). The summed E-state index contributed by atoms with van der Waals surface area (Å²) < 4.78 is 47.2. The van der Waals surface area contributed by atoms with Gasteiger partial charge in [-0.15, -0.1) is 0 Å². The quantitative estimate of drug-likeness (QED) is 0.273. The van der Waals surface area contributed by atoms with E-state index in [-0.39, 0.29) is 40.4 Å². The van der Waals surface area contributed by atoms with Crippen LogP contribution in [0.4, 0.5) is 24.8 Å². The Morgan fingerprint density at radius 2 is 1.80 bits per heavy atom. The zero-order chi connectivity index (χ0) is 30.5. The van der Waals surface area contributed by atoms with E-state index in [4.69, 9.17) is 4.98 Å². The van der Waals surface area contributed by atoms with E-state index in [1.54, 1.807) is 19.2 Å². The number of halogens is 3. The highest BCUT2D eigenvalue weighted by Crippen LogP contribution is 2.42. The van der Waals surface area contributed by atoms with E-state index >= 15 is 0 Å². The molecular weight excluding hydrogens is 569 g/mol. The minimum atomic E-state index is -4.68. The summed E-state index contributed by atoms with van der Waals surface area (Å²) in [7, 11) is 0. The lowest BCUT2D eigenvalue weighted by Gasteiger charge is -2.44. The molecule has 1 saturated carbocycles. The summed E-state index contributed by atoms with van der Waals surface area (Å²) in [6.07, 6.45) is 8.49. The van der Waals surface area contributed by atoms with Crippen LogP contribution in [0.3, 0.4) is 0 Å². The molecule has 1 aromatic carbocycles. The summed E-state index contributed by atoms with van der Waals surface area (Å²) in [5, 5.41) is 6.94. The van der Waals surface area contributed by atoms with Crippen molar-refractivity contribution in [2.75, 3.05) is 31.5 Å². The molecule has 0 radical (unpaired) electrons. The van der Waals surface area contributed by atoms with E-state index in [9.17, 15) is 18.0 Å². The predicted molar refractivity (Wildman–Crippen MR) is 161 cm³/mol. The molecule has 4 aromatic rings. The molecule has 0 unspecified atom stereocenters. The van der Waals surface area contributed by atoms with Gasteiger partial charge in [0, 0.05) is 31.5 Å². The summed E-state index contributed by atoms with van der Waals surface area (Å²) in [4.78, 5) is 29.4. The van der Waals surface area contributed by atoms with Gasteiger partial charge < -0.3 is 24.7 Å². The first kappa shape index (κ1) is 28.8. The van der Waals surface area contributed by atoms with Crippen LogP contribution in [0.1, 0.15) is 79.2 Å². The van der Waals surface area contributed by atoms with E-state index in [1.807, 2.05) is 17.2 Å². The van der Waals surface area contributed by atoms with Crippen molar-refractivity contribution in [3.8, 4) is 5.69 Å². The molecule has 9 nitrogen and oxygen atoms in total. The van der Waals surface area contributed by atoms with Crippen molar-refractivity contribution in [1.82, 2.24) is 34.3 Å². The second-order valence-electron chi connectivity index (χ2n) is 12.6. The van der Waals surface area contributed by atoms with Gasteiger partial charge in [-0.05, 0) is 82.2 Å². The van der Waals surface area contributed by atoms with Crippen LogP contribution in [0.2, 0.25) is 0 Å². The standard InChI is InChI=1S/C32H37F3N8O/c1-21-19-42(20-37-21)25-8-4-7-24(26(25)32(33,34)35)38-30-39-27(23-9-16-43(28(23)40-30)22-5-2-3-6-22)29(44)41-17-12-31(13-18-41)10-14-36-15-11-31/h4,7-9,16,19-20,22,36H,2-3,5-6,10-15,17-18H2,1H3,(H,38,39,40). The molecule has 44 heavy (non-hydrogen) atoms. The van der Waals surface area contributed by atoms with Gasteiger partial charge in [0.2, 0.25) is 5.95 Å². The summed E-state index contributed by atoms with van der Waals surface area (Å²) in [5.41, 5.74) is 0.561. The van der Waals surface area contributed by atoms with Crippen LogP contribution in [-0.4, -0.2) is 61.1 Å². The fraction of sp³-hybridized carbons (Fsp3) is 0.500. The fourth-order valence-corrected chi connectivity index (χ4v) is 7.35. The molecule has 1 spiro atoms. The Morgan fingerprint density at radius 3 is 2.48 bits per heavy atom. The fourth-order valence-electron chi connectivity index (χ4n) is 7.35. The molecule has 2 saturated heterocycles. The number of aromatic nitrogens is 5. The molecule has 0 bridgehead atoms. The molecule has 3 fully saturated rings. The normalized spacial score (nSPS) is 19.2. The van der Waals surface area contributed by atoms with Crippen molar-refractivity contribution in [2.24, 2.45) is 5.41 Å². The number of anilines is 2. The van der Waals surface area contributed by atoms with E-state index < -0.39 is 11.7 Å². The Labute approximate surface area is 253 Å². The second-order valence-corrected chi connectivity index (χ2v) is 12.6. The van der Waals surface area contributed by atoms with Crippen LogP contribution >= 0.6 is 0 Å². The second kappa shape index (κ2) is 11.2. The van der Waals surface area contributed by atoms with Crippen molar-refractivity contribution < 1.29 is 18.0 Å². The monoisotopic (exact) mass is 606 g/mol. The number of rotatable bonds is 5. The smallest absolute Gasteiger partial charge is 0.337 e. The van der Waals surface area contributed by atoms with Gasteiger partial charge in [0.05, 0.1) is 28.8 Å². The average Bonchev–Trinajstić information content (AvgIpc) is 3.78. The third-order valence-corrected chi connectivity index (χ3v) is 9.83. The van der Waals surface area contributed by atoms with Crippen molar-refractivity contribution in [1.29, 1.82) is 0 Å². The van der Waals surface area contributed by atoms with E-state index in [1.165, 1.54) is 23.0 Å².